The Morgan fingerprint density at radius 1 is 1.33 bits per heavy atom. The highest BCUT2D eigenvalue weighted by molar-refractivity contribution is 6.26. The van der Waals surface area contributed by atoms with Gasteiger partial charge in [0.15, 0.2) is 0 Å². The van der Waals surface area contributed by atoms with E-state index in [2.05, 4.69) is 5.10 Å². The number of phenolic OH excluding ortho intramolecular Hbond substituents is 1. The summed E-state index contributed by atoms with van der Waals surface area (Å²) in [6, 6.07) is 6.56. The van der Waals surface area contributed by atoms with Gasteiger partial charge in [-0.1, -0.05) is 12.1 Å². The highest BCUT2D eigenvalue weighted by Gasteiger charge is 2.26. The van der Waals surface area contributed by atoms with E-state index in [0.717, 1.165) is 5.56 Å². The minimum atomic E-state index is -0.213. The van der Waals surface area contributed by atoms with E-state index in [1.807, 2.05) is 0 Å². The zero-order valence-electron chi connectivity index (χ0n) is 10.00. The lowest BCUT2D eigenvalue weighted by Crippen LogP contribution is -2.25. The minimum Gasteiger partial charge on any atom is -0.508 e. The first-order chi connectivity index (χ1) is 8.61. The highest BCUT2D eigenvalue weighted by Crippen LogP contribution is 2.19. The Morgan fingerprint density at radius 3 is 2.61 bits per heavy atom. The fraction of sp³-hybridized carbons (Fsp3) is 0.231. The summed E-state index contributed by atoms with van der Waals surface area (Å²) >= 11 is 0. The Morgan fingerprint density at radius 2 is 2.00 bits per heavy atom. The standard InChI is InChI=1S/C13H14N2O3/c1-9-12(13(18)15(14-9)6-7-16)8-10-2-4-11(17)5-3-10/h2-5,8,16-17H,6-7H2,1H3/b12-8+. The van der Waals surface area contributed by atoms with E-state index in [4.69, 9.17) is 5.11 Å². The second-order valence-electron chi connectivity index (χ2n) is 3.99. The van der Waals surface area contributed by atoms with Gasteiger partial charge in [-0.25, -0.2) is 5.01 Å². The number of aromatic hydroxyl groups is 1. The van der Waals surface area contributed by atoms with Crippen LogP contribution >= 0.6 is 0 Å². The molecule has 5 nitrogen and oxygen atoms in total. The van der Waals surface area contributed by atoms with Crippen molar-refractivity contribution in [2.45, 2.75) is 6.92 Å². The smallest absolute Gasteiger partial charge is 0.275 e. The Hall–Kier alpha value is -2.14. The van der Waals surface area contributed by atoms with Gasteiger partial charge < -0.3 is 10.2 Å². The maximum atomic E-state index is 12.0. The molecular weight excluding hydrogens is 232 g/mol. The van der Waals surface area contributed by atoms with Crippen LogP contribution in [0.3, 0.4) is 0 Å². The molecule has 0 fully saturated rings. The number of aliphatic hydroxyl groups is 1. The summed E-state index contributed by atoms with van der Waals surface area (Å²) in [5, 5.41) is 23.3. The summed E-state index contributed by atoms with van der Waals surface area (Å²) in [6.07, 6.45) is 1.72. The van der Waals surface area contributed by atoms with Gasteiger partial charge in [0.05, 0.1) is 24.4 Å². The average Bonchev–Trinajstić information content (AvgIpc) is 2.60. The van der Waals surface area contributed by atoms with Crippen LogP contribution in [0.25, 0.3) is 6.08 Å². The molecule has 0 bridgehead atoms. The number of carbonyl (C=O) groups is 1. The van der Waals surface area contributed by atoms with Gasteiger partial charge in [-0.15, -0.1) is 0 Å². The maximum Gasteiger partial charge on any atom is 0.275 e. The molecule has 5 heteroatoms. The van der Waals surface area contributed by atoms with Gasteiger partial charge in [0.25, 0.3) is 5.91 Å². The van der Waals surface area contributed by atoms with Crippen LogP contribution in [0.1, 0.15) is 12.5 Å². The number of hydrogen-bond acceptors (Lipinski definition) is 4. The highest BCUT2D eigenvalue weighted by atomic mass is 16.3. The van der Waals surface area contributed by atoms with Crippen molar-refractivity contribution in [3.05, 3.63) is 35.4 Å². The van der Waals surface area contributed by atoms with Crippen LogP contribution in [-0.4, -0.2) is 40.0 Å². The zero-order chi connectivity index (χ0) is 13.1. The van der Waals surface area contributed by atoms with Crippen LogP contribution < -0.4 is 0 Å². The van der Waals surface area contributed by atoms with E-state index in [1.54, 1.807) is 37.3 Å². The number of rotatable bonds is 3. The number of carbonyl (C=O) groups excluding carboxylic acids is 1. The van der Waals surface area contributed by atoms with E-state index in [-0.39, 0.29) is 24.8 Å². The Bertz CT molecular complexity index is 518. The Kier molecular flexibility index (Phi) is 3.43. The quantitative estimate of drug-likeness (QED) is 0.781. The molecule has 0 atom stereocenters. The number of benzene rings is 1. The van der Waals surface area contributed by atoms with E-state index < -0.39 is 0 Å². The fourth-order valence-corrected chi connectivity index (χ4v) is 1.72. The normalized spacial score (nSPS) is 17.4. The lowest BCUT2D eigenvalue weighted by molar-refractivity contribution is -0.126. The summed E-state index contributed by atoms with van der Waals surface area (Å²) in [7, 11) is 0. The van der Waals surface area contributed by atoms with Crippen LogP contribution in [0.2, 0.25) is 0 Å². The number of phenols is 1. The average molecular weight is 246 g/mol. The molecule has 1 aliphatic heterocycles. The third kappa shape index (κ3) is 2.41. The molecule has 94 valence electrons. The molecule has 2 N–H and O–H groups in total. The molecule has 18 heavy (non-hydrogen) atoms. The minimum absolute atomic E-state index is 0.116. The van der Waals surface area contributed by atoms with E-state index in [1.165, 1.54) is 5.01 Å². The molecule has 0 radical (unpaired) electrons. The fourth-order valence-electron chi connectivity index (χ4n) is 1.72. The van der Waals surface area contributed by atoms with Gasteiger partial charge in [0.2, 0.25) is 0 Å². The van der Waals surface area contributed by atoms with Crippen molar-refractivity contribution in [1.29, 1.82) is 0 Å². The summed E-state index contributed by atoms with van der Waals surface area (Å²) < 4.78 is 0. The molecule has 0 spiro atoms. The van der Waals surface area contributed by atoms with Gasteiger partial charge in [-0.3, -0.25) is 4.79 Å². The first-order valence-corrected chi connectivity index (χ1v) is 5.61. The van der Waals surface area contributed by atoms with Crippen molar-refractivity contribution in [2.75, 3.05) is 13.2 Å². The lowest BCUT2D eigenvalue weighted by Gasteiger charge is -2.08. The molecule has 0 saturated carbocycles. The van der Waals surface area contributed by atoms with Crippen LogP contribution in [-0.2, 0) is 4.79 Å². The number of nitrogens with zero attached hydrogens (tertiary/aromatic N) is 2. The van der Waals surface area contributed by atoms with Gasteiger partial charge in [0, 0.05) is 0 Å². The summed E-state index contributed by atoms with van der Waals surface area (Å²) in [4.78, 5) is 12.0. The van der Waals surface area contributed by atoms with Crippen LogP contribution in [0.5, 0.6) is 5.75 Å². The van der Waals surface area contributed by atoms with Gasteiger partial charge in [0.1, 0.15) is 5.75 Å². The Labute approximate surface area is 105 Å². The molecule has 0 aromatic heterocycles. The molecule has 0 unspecified atom stereocenters. The SMILES string of the molecule is CC1=NN(CCO)C(=O)/C1=C/c1ccc(O)cc1. The number of β-amino-alcohol motifs (C(OH)–C–C–N with tert-alkyl or cyclic N) is 1. The molecule has 1 amide bonds. The molecule has 1 heterocycles. The topological polar surface area (TPSA) is 73.1 Å². The molecular formula is C13H14N2O3. The summed E-state index contributed by atoms with van der Waals surface area (Å²) in [5.41, 5.74) is 1.95. The van der Waals surface area contributed by atoms with Gasteiger partial charge >= 0.3 is 0 Å². The van der Waals surface area contributed by atoms with Gasteiger partial charge in [-0.05, 0) is 30.7 Å². The molecule has 0 aliphatic carbocycles. The maximum absolute atomic E-state index is 12.0. The Balaban J connectivity index is 2.26. The predicted molar refractivity (Wildman–Crippen MR) is 68.0 cm³/mol. The molecule has 2 rings (SSSR count). The van der Waals surface area contributed by atoms with Crippen molar-refractivity contribution in [3.63, 3.8) is 0 Å². The van der Waals surface area contributed by atoms with Crippen LogP contribution in [0.15, 0.2) is 34.9 Å². The van der Waals surface area contributed by atoms with Crippen LogP contribution in [0.4, 0.5) is 0 Å². The molecule has 1 aromatic carbocycles. The second-order valence-corrected chi connectivity index (χ2v) is 3.99. The van der Waals surface area contributed by atoms with Crippen molar-refractivity contribution in [3.8, 4) is 5.75 Å². The summed E-state index contributed by atoms with van der Waals surface area (Å²) in [5.74, 6) is -0.0307. The monoisotopic (exact) mass is 246 g/mol. The number of hydrazone groups is 1. The predicted octanol–water partition coefficient (Wildman–Crippen LogP) is 0.986. The number of aliphatic hydroxyl groups excluding tert-OH is 1. The first kappa shape index (κ1) is 12.3. The third-order valence-corrected chi connectivity index (χ3v) is 2.64. The second kappa shape index (κ2) is 5.01. The summed E-state index contributed by atoms with van der Waals surface area (Å²) in [6.45, 7) is 1.83. The van der Waals surface area contributed by atoms with Gasteiger partial charge in [-0.2, -0.15) is 5.10 Å². The lowest BCUT2D eigenvalue weighted by atomic mass is 10.1. The number of hydrogen-bond donors (Lipinski definition) is 2. The number of amides is 1. The molecule has 0 saturated heterocycles. The largest absolute Gasteiger partial charge is 0.508 e. The third-order valence-electron chi connectivity index (χ3n) is 2.64. The molecule has 1 aliphatic rings. The van der Waals surface area contributed by atoms with Crippen molar-refractivity contribution < 1.29 is 15.0 Å². The van der Waals surface area contributed by atoms with E-state index in [0.29, 0.717) is 11.3 Å². The van der Waals surface area contributed by atoms with Crippen molar-refractivity contribution in [1.82, 2.24) is 5.01 Å². The first-order valence-electron chi connectivity index (χ1n) is 5.61. The molecule has 1 aromatic rings. The zero-order valence-corrected chi connectivity index (χ0v) is 10.00. The van der Waals surface area contributed by atoms with Crippen LogP contribution in [0, 0.1) is 0 Å². The van der Waals surface area contributed by atoms with E-state index >= 15 is 0 Å². The van der Waals surface area contributed by atoms with Crippen molar-refractivity contribution in [2.24, 2.45) is 5.10 Å². The van der Waals surface area contributed by atoms with E-state index in [9.17, 15) is 9.90 Å². The van der Waals surface area contributed by atoms with Crippen molar-refractivity contribution >= 4 is 17.7 Å².